The van der Waals surface area contributed by atoms with Gasteiger partial charge in [0.2, 0.25) is 0 Å². The molecule has 0 aromatic rings. The van der Waals surface area contributed by atoms with E-state index in [1.165, 1.54) is 18.9 Å². The third-order valence-corrected chi connectivity index (χ3v) is 10.6. The molecule has 0 bridgehead atoms. The summed E-state index contributed by atoms with van der Waals surface area (Å²) in [7, 11) is -3.11. The fourth-order valence-corrected chi connectivity index (χ4v) is 11.2. The standard InChI is InChI=1S/C13H32O4Si2/c1-6-7-10-18(2,3)17-19(4,5)11-8-9-16-12-13(14)15/h13-15H,6-12H2,1-5H3. The van der Waals surface area contributed by atoms with Gasteiger partial charge in [0.15, 0.2) is 22.9 Å². The molecule has 0 rings (SSSR count). The number of rotatable bonds is 11. The lowest BCUT2D eigenvalue weighted by molar-refractivity contribution is -0.0944. The summed E-state index contributed by atoms with van der Waals surface area (Å²) in [6.45, 7) is 12.0. The van der Waals surface area contributed by atoms with Crippen LogP contribution in [0.1, 0.15) is 26.2 Å². The largest absolute Gasteiger partial charge is 0.455 e. The maximum Gasteiger partial charge on any atom is 0.175 e. The van der Waals surface area contributed by atoms with Gasteiger partial charge in [-0.1, -0.05) is 19.8 Å². The van der Waals surface area contributed by atoms with E-state index in [2.05, 4.69) is 33.1 Å². The summed E-state index contributed by atoms with van der Waals surface area (Å²) in [5, 5.41) is 17.3. The zero-order chi connectivity index (χ0) is 14.9. The Morgan fingerprint density at radius 1 is 0.947 bits per heavy atom. The minimum atomic E-state index is -1.61. The predicted molar refractivity (Wildman–Crippen MR) is 84.2 cm³/mol. The van der Waals surface area contributed by atoms with Gasteiger partial charge in [0.1, 0.15) is 0 Å². The molecule has 0 atom stereocenters. The number of aliphatic hydroxyl groups is 2. The second-order valence-corrected chi connectivity index (χ2v) is 15.2. The van der Waals surface area contributed by atoms with E-state index < -0.39 is 22.9 Å². The highest BCUT2D eigenvalue weighted by Crippen LogP contribution is 2.24. The lowest BCUT2D eigenvalue weighted by atomic mass is 10.4. The van der Waals surface area contributed by atoms with E-state index in [1.54, 1.807) is 0 Å². The molecule has 0 unspecified atom stereocenters. The van der Waals surface area contributed by atoms with Crippen LogP contribution in [-0.4, -0.2) is 46.4 Å². The van der Waals surface area contributed by atoms with Crippen molar-refractivity contribution >= 4 is 16.6 Å². The third-order valence-electron chi connectivity index (χ3n) is 3.02. The summed E-state index contributed by atoms with van der Waals surface area (Å²) in [5.74, 6) is 0. The number of hydrogen-bond acceptors (Lipinski definition) is 4. The van der Waals surface area contributed by atoms with Crippen molar-refractivity contribution < 1.29 is 19.1 Å². The van der Waals surface area contributed by atoms with Crippen LogP contribution in [0, 0.1) is 0 Å². The van der Waals surface area contributed by atoms with E-state index in [-0.39, 0.29) is 6.61 Å². The first-order chi connectivity index (χ1) is 8.68. The van der Waals surface area contributed by atoms with E-state index >= 15 is 0 Å². The van der Waals surface area contributed by atoms with Gasteiger partial charge < -0.3 is 19.1 Å². The minimum Gasteiger partial charge on any atom is -0.455 e. The lowest BCUT2D eigenvalue weighted by Gasteiger charge is -2.34. The van der Waals surface area contributed by atoms with Gasteiger partial charge in [-0.2, -0.15) is 0 Å². The first kappa shape index (κ1) is 19.3. The summed E-state index contributed by atoms with van der Waals surface area (Å²) in [6, 6.07) is 2.31. The SMILES string of the molecule is CCCC[Si](C)(C)O[Si](C)(C)CCCOCC(O)O. The molecule has 0 aromatic heterocycles. The zero-order valence-electron chi connectivity index (χ0n) is 13.2. The highest BCUT2D eigenvalue weighted by atomic mass is 28.4. The van der Waals surface area contributed by atoms with Gasteiger partial charge in [-0.15, -0.1) is 0 Å². The number of aliphatic hydroxyl groups excluding tert-OH is 1. The molecule has 6 heteroatoms. The van der Waals surface area contributed by atoms with E-state index in [0.717, 1.165) is 12.5 Å². The van der Waals surface area contributed by atoms with Gasteiger partial charge >= 0.3 is 0 Å². The van der Waals surface area contributed by atoms with E-state index in [9.17, 15) is 0 Å². The molecule has 0 saturated heterocycles. The average molecular weight is 309 g/mol. The number of hydrogen-bond donors (Lipinski definition) is 2. The second-order valence-electron chi connectivity index (χ2n) is 6.38. The van der Waals surface area contributed by atoms with Crippen molar-refractivity contribution in [2.24, 2.45) is 0 Å². The molecule has 0 aliphatic rings. The quantitative estimate of drug-likeness (QED) is 0.350. The Bertz CT molecular complexity index is 233. The summed E-state index contributed by atoms with van der Waals surface area (Å²) in [5.41, 5.74) is 0. The van der Waals surface area contributed by atoms with Crippen molar-refractivity contribution in [1.29, 1.82) is 0 Å². The molecule has 0 aliphatic carbocycles. The Balaban J connectivity index is 3.90. The van der Waals surface area contributed by atoms with Crippen LogP contribution >= 0.6 is 0 Å². The molecule has 4 nitrogen and oxygen atoms in total. The molecule has 0 aromatic carbocycles. The highest BCUT2D eigenvalue weighted by Gasteiger charge is 2.31. The van der Waals surface area contributed by atoms with Crippen LogP contribution in [0.3, 0.4) is 0 Å². The minimum absolute atomic E-state index is 0.000412. The molecule has 0 heterocycles. The summed E-state index contributed by atoms with van der Waals surface area (Å²) < 4.78 is 11.6. The van der Waals surface area contributed by atoms with Crippen molar-refractivity contribution in [3.63, 3.8) is 0 Å². The van der Waals surface area contributed by atoms with E-state index in [0.29, 0.717) is 6.61 Å². The Labute approximate surface area is 120 Å². The molecular formula is C13H32O4Si2. The highest BCUT2D eigenvalue weighted by molar-refractivity contribution is 6.84. The molecule has 0 spiro atoms. The van der Waals surface area contributed by atoms with Gasteiger partial charge in [-0.3, -0.25) is 0 Å². The monoisotopic (exact) mass is 308 g/mol. The summed E-state index contributed by atoms with van der Waals surface area (Å²) >= 11 is 0. The van der Waals surface area contributed by atoms with Crippen LogP contribution in [0.25, 0.3) is 0 Å². The van der Waals surface area contributed by atoms with Gasteiger partial charge in [0.05, 0.1) is 6.61 Å². The van der Waals surface area contributed by atoms with Crippen molar-refractivity contribution in [3.8, 4) is 0 Å². The van der Waals surface area contributed by atoms with Crippen LogP contribution in [0.15, 0.2) is 0 Å². The van der Waals surface area contributed by atoms with Gasteiger partial charge in [-0.25, -0.2) is 0 Å². The Hall–Kier alpha value is 0.274. The topological polar surface area (TPSA) is 58.9 Å². The molecule has 19 heavy (non-hydrogen) atoms. The van der Waals surface area contributed by atoms with Crippen LogP contribution in [0.2, 0.25) is 38.3 Å². The second kappa shape index (κ2) is 9.25. The van der Waals surface area contributed by atoms with E-state index in [1.807, 2.05) is 0 Å². The van der Waals surface area contributed by atoms with Gasteiger partial charge in [0.25, 0.3) is 0 Å². The maximum atomic E-state index is 8.67. The number of ether oxygens (including phenoxy) is 1. The molecule has 0 saturated carbocycles. The normalized spacial score (nSPS) is 13.3. The third kappa shape index (κ3) is 11.8. The van der Waals surface area contributed by atoms with Crippen molar-refractivity contribution in [1.82, 2.24) is 0 Å². The van der Waals surface area contributed by atoms with Gasteiger partial charge in [0, 0.05) is 6.61 Å². The lowest BCUT2D eigenvalue weighted by Crippen LogP contribution is -2.44. The zero-order valence-corrected chi connectivity index (χ0v) is 15.2. The van der Waals surface area contributed by atoms with Crippen LogP contribution in [-0.2, 0) is 8.85 Å². The van der Waals surface area contributed by atoms with Gasteiger partial charge in [-0.05, 0) is 44.7 Å². The summed E-state index contributed by atoms with van der Waals surface area (Å²) in [4.78, 5) is 0. The molecular weight excluding hydrogens is 276 g/mol. The Morgan fingerprint density at radius 2 is 1.47 bits per heavy atom. The summed E-state index contributed by atoms with van der Waals surface area (Å²) in [6.07, 6.45) is 2.08. The first-order valence-electron chi connectivity index (χ1n) is 7.32. The molecule has 0 aliphatic heterocycles. The van der Waals surface area contributed by atoms with E-state index in [4.69, 9.17) is 19.1 Å². The number of unbranched alkanes of at least 4 members (excludes halogenated alkanes) is 1. The smallest absolute Gasteiger partial charge is 0.175 e. The molecule has 0 fully saturated rings. The molecule has 0 amide bonds. The fraction of sp³-hybridized carbons (Fsp3) is 1.00. The average Bonchev–Trinajstić information content (AvgIpc) is 2.24. The van der Waals surface area contributed by atoms with Crippen molar-refractivity contribution in [2.75, 3.05) is 13.2 Å². The molecule has 0 radical (unpaired) electrons. The predicted octanol–water partition coefficient (Wildman–Crippen LogP) is 2.93. The van der Waals surface area contributed by atoms with Crippen LogP contribution in [0.5, 0.6) is 0 Å². The van der Waals surface area contributed by atoms with Crippen molar-refractivity contribution in [3.05, 3.63) is 0 Å². The van der Waals surface area contributed by atoms with Crippen molar-refractivity contribution in [2.45, 2.75) is 70.8 Å². The Kier molecular flexibility index (Phi) is 9.39. The fourth-order valence-electron chi connectivity index (χ4n) is 2.24. The maximum absolute atomic E-state index is 8.67. The first-order valence-corrected chi connectivity index (χ1v) is 13.6. The van der Waals surface area contributed by atoms with Crippen LogP contribution in [0.4, 0.5) is 0 Å². The molecule has 116 valence electrons. The van der Waals surface area contributed by atoms with Crippen LogP contribution < -0.4 is 0 Å². The molecule has 2 N–H and O–H groups in total. The Morgan fingerprint density at radius 3 is 1.95 bits per heavy atom.